The predicted molar refractivity (Wildman–Crippen MR) is 92.0 cm³/mol. The van der Waals surface area contributed by atoms with E-state index in [1.165, 1.54) is 5.69 Å². The first kappa shape index (κ1) is 15.4. The zero-order valence-electron chi connectivity index (χ0n) is 13.7. The normalized spacial score (nSPS) is 14.6. The van der Waals surface area contributed by atoms with E-state index in [9.17, 15) is 4.79 Å². The van der Waals surface area contributed by atoms with Gasteiger partial charge in [0.25, 0.3) is 0 Å². The Morgan fingerprint density at radius 3 is 2.74 bits per heavy atom. The maximum absolute atomic E-state index is 12.5. The number of imidazole rings is 1. The fourth-order valence-corrected chi connectivity index (χ4v) is 2.83. The summed E-state index contributed by atoms with van der Waals surface area (Å²) in [7, 11) is 3.99. The van der Waals surface area contributed by atoms with Crippen molar-refractivity contribution < 1.29 is 4.79 Å². The highest BCUT2D eigenvalue weighted by Gasteiger charge is 2.18. The first-order valence-corrected chi connectivity index (χ1v) is 7.98. The Labute approximate surface area is 136 Å². The molecule has 2 heterocycles. The summed E-state index contributed by atoms with van der Waals surface area (Å²) in [5.74, 6) is 0. The molecule has 1 aromatic heterocycles. The van der Waals surface area contributed by atoms with Crippen molar-refractivity contribution in [1.29, 1.82) is 0 Å². The Bertz CT molecular complexity index is 662. The molecule has 2 N–H and O–H groups in total. The molecule has 6 nitrogen and oxygen atoms in total. The summed E-state index contributed by atoms with van der Waals surface area (Å²) in [6.45, 7) is 1.46. The smallest absolute Gasteiger partial charge is 0.321 e. The van der Waals surface area contributed by atoms with E-state index in [2.05, 4.69) is 15.3 Å². The molecule has 0 radical (unpaired) electrons. The van der Waals surface area contributed by atoms with Gasteiger partial charge in [-0.25, -0.2) is 9.78 Å². The monoisotopic (exact) mass is 313 g/mol. The lowest BCUT2D eigenvalue weighted by molar-refractivity contribution is 0.210. The van der Waals surface area contributed by atoms with Gasteiger partial charge in [-0.3, -0.25) is 0 Å². The van der Waals surface area contributed by atoms with Gasteiger partial charge in [0.2, 0.25) is 0 Å². The zero-order valence-corrected chi connectivity index (χ0v) is 13.7. The van der Waals surface area contributed by atoms with Crippen LogP contribution in [0.25, 0.3) is 0 Å². The summed E-state index contributed by atoms with van der Waals surface area (Å²) >= 11 is 0. The summed E-state index contributed by atoms with van der Waals surface area (Å²) in [5.41, 5.74) is 4.23. The third-order valence-corrected chi connectivity index (χ3v) is 4.20. The molecule has 0 saturated carbocycles. The van der Waals surface area contributed by atoms with Crippen LogP contribution >= 0.6 is 0 Å². The molecule has 0 aliphatic carbocycles. The largest absolute Gasteiger partial charge is 0.378 e. The minimum atomic E-state index is -0.0402. The number of aromatic amines is 1. The first-order chi connectivity index (χ1) is 11.1. The number of H-pyrrole nitrogens is 1. The minimum absolute atomic E-state index is 0.0402. The molecular weight excluding hydrogens is 290 g/mol. The molecule has 1 aliphatic heterocycles. The molecule has 0 atom stereocenters. The lowest BCUT2D eigenvalue weighted by Gasteiger charge is -2.25. The lowest BCUT2D eigenvalue weighted by Crippen LogP contribution is -2.38. The van der Waals surface area contributed by atoms with Crippen LogP contribution in [0.3, 0.4) is 0 Å². The van der Waals surface area contributed by atoms with E-state index in [4.69, 9.17) is 0 Å². The zero-order chi connectivity index (χ0) is 16.2. The molecule has 0 saturated heterocycles. The molecule has 0 spiro atoms. The molecule has 0 bridgehead atoms. The summed E-state index contributed by atoms with van der Waals surface area (Å²) in [6, 6.07) is 7.83. The number of carbonyl (C=O) groups is 1. The topological polar surface area (TPSA) is 64.3 Å². The maximum Gasteiger partial charge on any atom is 0.321 e. The number of carbonyl (C=O) groups excluding carboxylic acids is 1. The van der Waals surface area contributed by atoms with E-state index in [1.807, 2.05) is 48.2 Å². The van der Waals surface area contributed by atoms with E-state index in [1.54, 1.807) is 6.33 Å². The van der Waals surface area contributed by atoms with Crippen LogP contribution in [0.2, 0.25) is 0 Å². The summed E-state index contributed by atoms with van der Waals surface area (Å²) in [5, 5.41) is 2.98. The number of fused-ring (bicyclic) bond motifs is 1. The Balaban J connectivity index is 1.61. The van der Waals surface area contributed by atoms with Crippen molar-refractivity contribution in [3.05, 3.63) is 42.0 Å². The summed E-state index contributed by atoms with van der Waals surface area (Å²) < 4.78 is 0. The SMILES string of the molecule is CN(C)c1ccc(NC(=O)N2CCCc3[nH]cnc3CC2)cc1. The standard InChI is InChI=1S/C17H23N5O/c1-21(2)14-7-5-13(6-8-14)20-17(23)22-10-3-4-15-16(9-11-22)19-12-18-15/h5-8,12H,3-4,9-11H2,1-2H3,(H,18,19)(H,20,23). The van der Waals surface area contributed by atoms with Crippen molar-refractivity contribution in [3.63, 3.8) is 0 Å². The van der Waals surface area contributed by atoms with Crippen molar-refractivity contribution in [1.82, 2.24) is 14.9 Å². The van der Waals surface area contributed by atoms with Gasteiger partial charge in [-0.2, -0.15) is 0 Å². The number of nitrogens with zero attached hydrogens (tertiary/aromatic N) is 3. The molecule has 2 aromatic rings. The molecule has 23 heavy (non-hydrogen) atoms. The second-order valence-corrected chi connectivity index (χ2v) is 6.04. The van der Waals surface area contributed by atoms with E-state index < -0.39 is 0 Å². The van der Waals surface area contributed by atoms with Gasteiger partial charge in [-0.15, -0.1) is 0 Å². The van der Waals surface area contributed by atoms with E-state index in [-0.39, 0.29) is 6.03 Å². The molecule has 3 rings (SSSR count). The van der Waals surface area contributed by atoms with Crippen LogP contribution in [-0.4, -0.2) is 48.1 Å². The van der Waals surface area contributed by atoms with Crippen LogP contribution in [0.5, 0.6) is 0 Å². The Morgan fingerprint density at radius 2 is 2.00 bits per heavy atom. The van der Waals surface area contributed by atoms with Crippen molar-refractivity contribution in [2.75, 3.05) is 37.4 Å². The van der Waals surface area contributed by atoms with Crippen LogP contribution in [0.15, 0.2) is 30.6 Å². The number of rotatable bonds is 2. The highest BCUT2D eigenvalue weighted by Crippen LogP contribution is 2.17. The second kappa shape index (κ2) is 6.73. The molecular formula is C17H23N5O. The van der Waals surface area contributed by atoms with Crippen LogP contribution in [0.4, 0.5) is 16.2 Å². The van der Waals surface area contributed by atoms with Gasteiger partial charge in [0.1, 0.15) is 0 Å². The lowest BCUT2D eigenvalue weighted by atomic mass is 10.1. The summed E-state index contributed by atoms with van der Waals surface area (Å²) in [6.07, 6.45) is 4.43. The highest BCUT2D eigenvalue weighted by molar-refractivity contribution is 5.89. The average molecular weight is 313 g/mol. The van der Waals surface area contributed by atoms with Gasteiger partial charge >= 0.3 is 6.03 Å². The number of aromatic nitrogens is 2. The van der Waals surface area contributed by atoms with Crippen LogP contribution in [0.1, 0.15) is 17.8 Å². The molecule has 1 aliphatic rings. The maximum atomic E-state index is 12.5. The van der Waals surface area contributed by atoms with E-state index in [0.29, 0.717) is 6.54 Å². The second-order valence-electron chi connectivity index (χ2n) is 6.04. The van der Waals surface area contributed by atoms with Gasteiger partial charge in [0, 0.05) is 50.7 Å². The fourth-order valence-electron chi connectivity index (χ4n) is 2.83. The Hall–Kier alpha value is -2.50. The van der Waals surface area contributed by atoms with Crippen molar-refractivity contribution in [2.45, 2.75) is 19.3 Å². The van der Waals surface area contributed by atoms with Gasteiger partial charge < -0.3 is 20.1 Å². The van der Waals surface area contributed by atoms with Crippen molar-refractivity contribution in [3.8, 4) is 0 Å². The predicted octanol–water partition coefficient (Wildman–Crippen LogP) is 2.50. The number of urea groups is 1. The van der Waals surface area contributed by atoms with Crippen LogP contribution in [-0.2, 0) is 12.8 Å². The number of benzene rings is 1. The van der Waals surface area contributed by atoms with Gasteiger partial charge in [0.05, 0.1) is 12.0 Å². The number of anilines is 2. The van der Waals surface area contributed by atoms with Gasteiger partial charge in [-0.05, 0) is 37.1 Å². The van der Waals surface area contributed by atoms with Crippen molar-refractivity contribution in [2.24, 2.45) is 0 Å². The summed E-state index contributed by atoms with van der Waals surface area (Å²) in [4.78, 5) is 23.9. The number of hydrogen-bond donors (Lipinski definition) is 2. The quantitative estimate of drug-likeness (QED) is 0.895. The van der Waals surface area contributed by atoms with Crippen molar-refractivity contribution >= 4 is 17.4 Å². The van der Waals surface area contributed by atoms with E-state index >= 15 is 0 Å². The molecule has 0 unspecified atom stereocenters. The van der Waals surface area contributed by atoms with Gasteiger partial charge in [-0.1, -0.05) is 0 Å². The molecule has 2 amide bonds. The fraction of sp³-hybridized carbons (Fsp3) is 0.412. The van der Waals surface area contributed by atoms with Crippen LogP contribution in [0, 0.1) is 0 Å². The number of aryl methyl sites for hydroxylation is 1. The number of hydrogen-bond acceptors (Lipinski definition) is 3. The third-order valence-electron chi connectivity index (χ3n) is 4.20. The average Bonchev–Trinajstić information content (AvgIpc) is 2.94. The first-order valence-electron chi connectivity index (χ1n) is 7.98. The molecule has 122 valence electrons. The Morgan fingerprint density at radius 1 is 1.22 bits per heavy atom. The Kier molecular flexibility index (Phi) is 4.50. The van der Waals surface area contributed by atoms with E-state index in [0.717, 1.165) is 42.9 Å². The molecule has 0 fully saturated rings. The molecule has 1 aromatic carbocycles. The van der Waals surface area contributed by atoms with Crippen LogP contribution < -0.4 is 10.2 Å². The minimum Gasteiger partial charge on any atom is -0.378 e. The van der Waals surface area contributed by atoms with Gasteiger partial charge in [0.15, 0.2) is 0 Å². The number of amides is 2. The molecule has 6 heteroatoms. The third kappa shape index (κ3) is 3.64. The highest BCUT2D eigenvalue weighted by atomic mass is 16.2. The number of nitrogens with one attached hydrogen (secondary N) is 2.